The summed E-state index contributed by atoms with van der Waals surface area (Å²) in [7, 11) is -3.64. The molecule has 0 saturated carbocycles. The number of ether oxygens (including phenoxy) is 1. The van der Waals surface area contributed by atoms with Crippen LogP contribution in [0.1, 0.15) is 44.1 Å². The number of aromatic nitrogens is 2. The molecule has 0 atom stereocenters. The van der Waals surface area contributed by atoms with Gasteiger partial charge in [-0.3, -0.25) is 0 Å². The summed E-state index contributed by atoms with van der Waals surface area (Å²) in [4.78, 5) is 11.3. The predicted molar refractivity (Wildman–Crippen MR) is 109 cm³/mol. The standard InChI is InChI=1S/C20H28N4O3S/c1-3-4-13-27-17-7-9-18(10-8-17)28(25,26)21-15-19-22-16(2)14-20(23-19)24-11-5-6-12-24/h7-10,14,21H,3-6,11-13,15H2,1-2H3. The van der Waals surface area contributed by atoms with Gasteiger partial charge >= 0.3 is 0 Å². The molecule has 1 N–H and O–H groups in total. The number of anilines is 1. The molecular formula is C20H28N4O3S. The summed E-state index contributed by atoms with van der Waals surface area (Å²) in [6, 6.07) is 8.41. The van der Waals surface area contributed by atoms with Crippen LogP contribution >= 0.6 is 0 Å². The van der Waals surface area contributed by atoms with E-state index in [1.807, 2.05) is 13.0 Å². The van der Waals surface area contributed by atoms with Crippen molar-refractivity contribution in [3.8, 4) is 5.75 Å². The molecule has 0 aliphatic carbocycles. The summed E-state index contributed by atoms with van der Waals surface area (Å²) in [5.41, 5.74) is 0.833. The Balaban J connectivity index is 1.64. The van der Waals surface area contributed by atoms with Crippen molar-refractivity contribution in [3.05, 3.63) is 41.9 Å². The highest BCUT2D eigenvalue weighted by Gasteiger charge is 2.17. The summed E-state index contributed by atoms with van der Waals surface area (Å²) in [5.74, 6) is 2.02. The van der Waals surface area contributed by atoms with Crippen molar-refractivity contribution in [1.29, 1.82) is 0 Å². The van der Waals surface area contributed by atoms with E-state index >= 15 is 0 Å². The normalized spacial score (nSPS) is 14.4. The molecule has 7 nitrogen and oxygen atoms in total. The summed E-state index contributed by atoms with van der Waals surface area (Å²) >= 11 is 0. The van der Waals surface area contributed by atoms with Crippen molar-refractivity contribution in [1.82, 2.24) is 14.7 Å². The van der Waals surface area contributed by atoms with E-state index in [0.717, 1.165) is 50.3 Å². The Morgan fingerprint density at radius 3 is 2.54 bits per heavy atom. The monoisotopic (exact) mass is 404 g/mol. The van der Waals surface area contributed by atoms with Crippen molar-refractivity contribution in [3.63, 3.8) is 0 Å². The molecule has 1 aliphatic heterocycles. The Morgan fingerprint density at radius 2 is 1.86 bits per heavy atom. The van der Waals surface area contributed by atoms with E-state index in [-0.39, 0.29) is 11.4 Å². The second kappa shape index (κ2) is 9.34. The van der Waals surface area contributed by atoms with Gasteiger partial charge in [-0.2, -0.15) is 0 Å². The Kier molecular flexibility index (Phi) is 6.85. The number of hydrogen-bond acceptors (Lipinski definition) is 6. The first-order chi connectivity index (χ1) is 13.5. The van der Waals surface area contributed by atoms with Crippen LogP contribution in [-0.2, 0) is 16.6 Å². The van der Waals surface area contributed by atoms with Crippen molar-refractivity contribution < 1.29 is 13.2 Å². The lowest BCUT2D eigenvalue weighted by molar-refractivity contribution is 0.309. The Bertz CT molecular complexity index is 879. The molecule has 0 unspecified atom stereocenters. The smallest absolute Gasteiger partial charge is 0.240 e. The molecule has 2 aromatic rings. The highest BCUT2D eigenvalue weighted by atomic mass is 32.2. The fourth-order valence-corrected chi connectivity index (χ4v) is 4.07. The van der Waals surface area contributed by atoms with E-state index in [1.165, 1.54) is 0 Å². The summed E-state index contributed by atoms with van der Waals surface area (Å²) in [5, 5.41) is 0. The number of unbranched alkanes of at least 4 members (excludes halogenated alkanes) is 1. The summed E-state index contributed by atoms with van der Waals surface area (Å²) in [6.45, 7) is 6.64. The number of benzene rings is 1. The van der Waals surface area contributed by atoms with Gasteiger partial charge in [0.15, 0.2) is 0 Å². The highest BCUT2D eigenvalue weighted by molar-refractivity contribution is 7.89. The largest absolute Gasteiger partial charge is 0.494 e. The predicted octanol–water partition coefficient (Wildman–Crippen LogP) is 3.04. The van der Waals surface area contributed by atoms with E-state index in [1.54, 1.807) is 24.3 Å². The van der Waals surface area contributed by atoms with Crippen LogP contribution in [0.25, 0.3) is 0 Å². The quantitative estimate of drug-likeness (QED) is 0.647. The molecule has 1 fully saturated rings. The van der Waals surface area contributed by atoms with Crippen LogP contribution in [0, 0.1) is 6.92 Å². The van der Waals surface area contributed by atoms with Crippen molar-refractivity contribution in [2.24, 2.45) is 0 Å². The van der Waals surface area contributed by atoms with Crippen molar-refractivity contribution in [2.45, 2.75) is 51.0 Å². The van der Waals surface area contributed by atoms with Gasteiger partial charge in [-0.1, -0.05) is 13.3 Å². The Labute approximate surface area is 167 Å². The number of hydrogen-bond donors (Lipinski definition) is 1. The molecular weight excluding hydrogens is 376 g/mol. The first-order valence-electron chi connectivity index (χ1n) is 9.80. The third kappa shape index (κ3) is 5.42. The minimum absolute atomic E-state index is 0.0552. The van der Waals surface area contributed by atoms with Gasteiger partial charge < -0.3 is 9.64 Å². The Hall–Kier alpha value is -2.19. The topological polar surface area (TPSA) is 84.4 Å². The van der Waals surface area contributed by atoms with Gasteiger partial charge in [-0.25, -0.2) is 23.1 Å². The second-order valence-corrected chi connectivity index (χ2v) is 8.74. The maximum absolute atomic E-state index is 12.6. The first kappa shape index (κ1) is 20.5. The number of sulfonamides is 1. The molecule has 0 amide bonds. The third-order valence-corrected chi connectivity index (χ3v) is 6.06. The fraction of sp³-hybridized carbons (Fsp3) is 0.500. The van der Waals surface area contributed by atoms with E-state index < -0.39 is 10.0 Å². The molecule has 1 aliphatic rings. The molecule has 0 spiro atoms. The van der Waals surface area contributed by atoms with Gasteiger partial charge in [0.05, 0.1) is 18.0 Å². The van der Waals surface area contributed by atoms with Crippen molar-refractivity contribution >= 4 is 15.8 Å². The van der Waals surface area contributed by atoms with Gasteiger partial charge in [0, 0.05) is 24.8 Å². The zero-order valence-electron chi connectivity index (χ0n) is 16.5. The van der Waals surface area contributed by atoms with Crippen LogP contribution < -0.4 is 14.4 Å². The van der Waals surface area contributed by atoms with Crippen LogP contribution in [0.2, 0.25) is 0 Å². The molecule has 1 aromatic carbocycles. The number of nitrogens with one attached hydrogen (secondary N) is 1. The summed E-state index contributed by atoms with van der Waals surface area (Å²) < 4.78 is 33.3. The third-order valence-electron chi connectivity index (χ3n) is 4.64. The maximum Gasteiger partial charge on any atom is 0.240 e. The lowest BCUT2D eigenvalue weighted by Crippen LogP contribution is -2.26. The van der Waals surface area contributed by atoms with Gasteiger partial charge in [-0.15, -0.1) is 0 Å². The highest BCUT2D eigenvalue weighted by Crippen LogP contribution is 2.19. The van der Waals surface area contributed by atoms with Crippen LogP contribution in [-0.4, -0.2) is 38.1 Å². The zero-order chi connectivity index (χ0) is 20.0. The van der Waals surface area contributed by atoms with E-state index in [2.05, 4.69) is 26.5 Å². The summed E-state index contributed by atoms with van der Waals surface area (Å²) in [6.07, 6.45) is 4.33. The average Bonchev–Trinajstić information content (AvgIpc) is 3.22. The zero-order valence-corrected chi connectivity index (χ0v) is 17.3. The van der Waals surface area contributed by atoms with Crippen LogP contribution in [0.15, 0.2) is 35.2 Å². The lowest BCUT2D eigenvalue weighted by atomic mass is 10.3. The molecule has 3 rings (SSSR count). The molecule has 152 valence electrons. The first-order valence-corrected chi connectivity index (χ1v) is 11.3. The molecule has 2 heterocycles. The van der Waals surface area contributed by atoms with Gasteiger partial charge in [0.1, 0.15) is 17.4 Å². The second-order valence-electron chi connectivity index (χ2n) is 6.98. The molecule has 1 saturated heterocycles. The van der Waals surface area contributed by atoms with E-state index in [4.69, 9.17) is 4.74 Å². The van der Waals surface area contributed by atoms with Gasteiger partial charge in [0.2, 0.25) is 10.0 Å². The minimum Gasteiger partial charge on any atom is -0.494 e. The molecule has 0 radical (unpaired) electrons. The van der Waals surface area contributed by atoms with Crippen LogP contribution in [0.5, 0.6) is 5.75 Å². The van der Waals surface area contributed by atoms with Crippen LogP contribution in [0.3, 0.4) is 0 Å². The molecule has 1 aromatic heterocycles. The maximum atomic E-state index is 12.6. The SMILES string of the molecule is CCCCOc1ccc(S(=O)(=O)NCc2nc(C)cc(N3CCCC3)n2)cc1. The lowest BCUT2D eigenvalue weighted by Gasteiger charge is -2.17. The fourth-order valence-electron chi connectivity index (χ4n) is 3.09. The number of aryl methyl sites for hydroxylation is 1. The molecule has 8 heteroatoms. The average molecular weight is 405 g/mol. The Morgan fingerprint density at radius 1 is 1.14 bits per heavy atom. The van der Waals surface area contributed by atoms with Gasteiger partial charge in [0.25, 0.3) is 0 Å². The van der Waals surface area contributed by atoms with Crippen molar-refractivity contribution in [2.75, 3.05) is 24.6 Å². The van der Waals surface area contributed by atoms with E-state index in [9.17, 15) is 8.42 Å². The molecule has 0 bridgehead atoms. The molecule has 28 heavy (non-hydrogen) atoms. The van der Waals surface area contributed by atoms with E-state index in [0.29, 0.717) is 18.2 Å². The minimum atomic E-state index is -3.64. The van der Waals surface area contributed by atoms with Crippen LogP contribution in [0.4, 0.5) is 5.82 Å². The number of rotatable bonds is 9. The van der Waals surface area contributed by atoms with Gasteiger partial charge in [-0.05, 0) is 50.5 Å². The number of nitrogens with zero attached hydrogens (tertiary/aromatic N) is 3.